The third kappa shape index (κ3) is 7.13. The fourth-order valence-corrected chi connectivity index (χ4v) is 2.00. The van der Waals surface area contributed by atoms with E-state index in [9.17, 15) is 9.59 Å². The highest BCUT2D eigenvalue weighted by molar-refractivity contribution is 5.86. The summed E-state index contributed by atoms with van der Waals surface area (Å²) in [5.74, 6) is 1.13. The Bertz CT molecular complexity index is 625. The smallest absolute Gasteiger partial charge is 0.315 e. The van der Waals surface area contributed by atoms with Gasteiger partial charge in [-0.3, -0.25) is 4.79 Å². The molecule has 0 fully saturated rings. The monoisotopic (exact) mass is 349 g/mol. The number of nitrogens with one attached hydrogen (secondary N) is 3. The fraction of sp³-hybridized carbons (Fsp3) is 0.412. The molecule has 0 spiro atoms. The summed E-state index contributed by atoms with van der Waals surface area (Å²) in [7, 11) is 0. The van der Waals surface area contributed by atoms with E-state index in [1.165, 1.54) is 6.26 Å². The lowest BCUT2D eigenvalue weighted by Crippen LogP contribution is -2.48. The lowest BCUT2D eigenvalue weighted by Gasteiger charge is -2.14. The molecule has 0 unspecified atom stereocenters. The average molecular weight is 349 g/mol. The average Bonchev–Trinajstić information content (AvgIpc) is 3.29. The molecule has 1 atom stereocenters. The van der Waals surface area contributed by atoms with Crippen LogP contribution in [0, 0.1) is 0 Å². The molecular formula is C17H23N3O5. The van der Waals surface area contributed by atoms with E-state index in [0.717, 1.165) is 5.76 Å². The summed E-state index contributed by atoms with van der Waals surface area (Å²) in [6.07, 6.45) is 3.79. The van der Waals surface area contributed by atoms with Crippen molar-refractivity contribution < 1.29 is 23.2 Å². The van der Waals surface area contributed by atoms with Gasteiger partial charge >= 0.3 is 6.03 Å². The molecular weight excluding hydrogens is 326 g/mol. The number of furan rings is 2. The third-order valence-electron chi connectivity index (χ3n) is 3.33. The Balaban J connectivity index is 1.50. The second kappa shape index (κ2) is 10.2. The molecule has 2 heterocycles. The van der Waals surface area contributed by atoms with Crippen molar-refractivity contribution >= 4 is 11.9 Å². The van der Waals surface area contributed by atoms with Crippen LogP contribution in [-0.2, 0) is 22.7 Å². The van der Waals surface area contributed by atoms with Crippen molar-refractivity contribution in [1.29, 1.82) is 0 Å². The van der Waals surface area contributed by atoms with Crippen molar-refractivity contribution in [3.8, 4) is 0 Å². The summed E-state index contributed by atoms with van der Waals surface area (Å²) in [6, 6.07) is 6.10. The van der Waals surface area contributed by atoms with Gasteiger partial charge in [0.15, 0.2) is 0 Å². The summed E-state index contributed by atoms with van der Waals surface area (Å²) in [5.41, 5.74) is 0. The molecule has 2 aromatic heterocycles. The number of ether oxygens (including phenoxy) is 1. The van der Waals surface area contributed by atoms with E-state index in [4.69, 9.17) is 13.6 Å². The van der Waals surface area contributed by atoms with Crippen LogP contribution in [0.5, 0.6) is 0 Å². The normalized spacial score (nSPS) is 11.7. The van der Waals surface area contributed by atoms with Crippen LogP contribution in [0.3, 0.4) is 0 Å². The molecule has 2 aromatic rings. The van der Waals surface area contributed by atoms with Crippen molar-refractivity contribution in [3.63, 3.8) is 0 Å². The Morgan fingerprint density at radius 1 is 1.12 bits per heavy atom. The minimum atomic E-state index is -0.648. The van der Waals surface area contributed by atoms with Crippen LogP contribution in [0.15, 0.2) is 45.6 Å². The highest BCUT2D eigenvalue weighted by atomic mass is 16.5. The van der Waals surface area contributed by atoms with Crippen molar-refractivity contribution in [3.05, 3.63) is 48.3 Å². The zero-order valence-corrected chi connectivity index (χ0v) is 14.1. The molecule has 0 aromatic carbocycles. The zero-order chi connectivity index (χ0) is 17.9. The first-order valence-corrected chi connectivity index (χ1v) is 8.09. The highest BCUT2D eigenvalue weighted by Crippen LogP contribution is 2.01. The van der Waals surface area contributed by atoms with Crippen LogP contribution >= 0.6 is 0 Å². The number of carbonyl (C=O) groups excluding carboxylic acids is 2. The Morgan fingerprint density at radius 2 is 1.84 bits per heavy atom. The summed E-state index contributed by atoms with van der Waals surface area (Å²) >= 11 is 0. The molecule has 0 bridgehead atoms. The Hall–Kier alpha value is -2.74. The van der Waals surface area contributed by atoms with Gasteiger partial charge in [0, 0.05) is 13.2 Å². The van der Waals surface area contributed by atoms with Gasteiger partial charge in [-0.2, -0.15) is 0 Å². The van der Waals surface area contributed by atoms with Gasteiger partial charge in [-0.25, -0.2) is 4.79 Å². The summed E-state index contributed by atoms with van der Waals surface area (Å²) in [6.45, 7) is 3.26. The Kier molecular flexibility index (Phi) is 7.58. The number of carbonyl (C=O) groups is 2. The summed E-state index contributed by atoms with van der Waals surface area (Å²) in [4.78, 5) is 23.6. The van der Waals surface area contributed by atoms with Crippen molar-refractivity contribution in [2.24, 2.45) is 0 Å². The van der Waals surface area contributed by atoms with E-state index in [1.54, 1.807) is 31.4 Å². The zero-order valence-electron chi connectivity index (χ0n) is 14.1. The van der Waals surface area contributed by atoms with E-state index >= 15 is 0 Å². The van der Waals surface area contributed by atoms with Gasteiger partial charge in [-0.05, 0) is 37.6 Å². The molecule has 0 radical (unpaired) electrons. The Labute approximate surface area is 145 Å². The highest BCUT2D eigenvalue weighted by Gasteiger charge is 2.15. The second-order valence-electron chi connectivity index (χ2n) is 5.40. The summed E-state index contributed by atoms with van der Waals surface area (Å²) in [5, 5.41) is 7.94. The number of urea groups is 1. The van der Waals surface area contributed by atoms with E-state index in [2.05, 4.69) is 16.0 Å². The summed E-state index contributed by atoms with van der Waals surface area (Å²) < 4.78 is 15.7. The number of rotatable bonds is 10. The van der Waals surface area contributed by atoms with Crippen molar-refractivity contribution in [2.75, 3.05) is 13.2 Å². The van der Waals surface area contributed by atoms with Crippen LogP contribution in [0.2, 0.25) is 0 Å². The first-order chi connectivity index (χ1) is 12.1. The molecule has 0 saturated carbocycles. The molecule has 8 heteroatoms. The van der Waals surface area contributed by atoms with Crippen molar-refractivity contribution in [2.45, 2.75) is 32.5 Å². The quantitative estimate of drug-likeness (QED) is 0.567. The van der Waals surface area contributed by atoms with Gasteiger partial charge in [0.1, 0.15) is 24.2 Å². The maximum absolute atomic E-state index is 11.9. The lowest BCUT2D eigenvalue weighted by atomic mass is 10.3. The van der Waals surface area contributed by atoms with E-state index in [0.29, 0.717) is 31.9 Å². The van der Waals surface area contributed by atoms with Gasteiger partial charge in [0.2, 0.25) is 5.91 Å². The molecule has 3 N–H and O–H groups in total. The van der Waals surface area contributed by atoms with Crippen molar-refractivity contribution in [1.82, 2.24) is 16.0 Å². The Morgan fingerprint density at radius 3 is 2.52 bits per heavy atom. The van der Waals surface area contributed by atoms with Gasteiger partial charge < -0.3 is 29.5 Å². The molecule has 0 aliphatic carbocycles. The largest absolute Gasteiger partial charge is 0.467 e. The molecule has 3 amide bonds. The third-order valence-corrected chi connectivity index (χ3v) is 3.33. The van der Waals surface area contributed by atoms with Crippen LogP contribution < -0.4 is 16.0 Å². The minimum Gasteiger partial charge on any atom is -0.467 e. The lowest BCUT2D eigenvalue weighted by molar-refractivity contribution is -0.122. The first kappa shape index (κ1) is 18.6. The molecule has 2 rings (SSSR count). The minimum absolute atomic E-state index is 0.284. The van der Waals surface area contributed by atoms with E-state index in [-0.39, 0.29) is 12.5 Å². The second-order valence-corrected chi connectivity index (χ2v) is 5.40. The first-order valence-electron chi connectivity index (χ1n) is 8.09. The molecule has 25 heavy (non-hydrogen) atoms. The molecule has 0 aliphatic heterocycles. The van der Waals surface area contributed by atoms with E-state index < -0.39 is 12.1 Å². The van der Waals surface area contributed by atoms with Gasteiger partial charge in [0.05, 0.1) is 19.1 Å². The van der Waals surface area contributed by atoms with Gasteiger partial charge in [0.25, 0.3) is 0 Å². The maximum Gasteiger partial charge on any atom is 0.315 e. The predicted octanol–water partition coefficient (Wildman–Crippen LogP) is 1.78. The van der Waals surface area contributed by atoms with Gasteiger partial charge in [-0.15, -0.1) is 0 Å². The number of hydrogen-bond donors (Lipinski definition) is 3. The van der Waals surface area contributed by atoms with Gasteiger partial charge in [-0.1, -0.05) is 0 Å². The standard InChI is InChI=1S/C17H23N3O5/c1-13(16(21)19-11-14-5-2-9-24-14)20-17(22)18-7-4-8-23-12-15-6-3-10-25-15/h2-3,5-6,9-10,13H,4,7-8,11-12H2,1H3,(H,19,21)(H2,18,20,22)/t13-/m1/s1. The molecule has 0 aliphatic rings. The fourth-order valence-electron chi connectivity index (χ4n) is 2.00. The van der Waals surface area contributed by atoms with Crippen LogP contribution in [-0.4, -0.2) is 31.1 Å². The van der Waals surface area contributed by atoms with Crippen LogP contribution in [0.4, 0.5) is 4.79 Å². The maximum atomic E-state index is 11.9. The topological polar surface area (TPSA) is 106 Å². The number of hydrogen-bond acceptors (Lipinski definition) is 5. The van der Waals surface area contributed by atoms with Crippen LogP contribution in [0.25, 0.3) is 0 Å². The predicted molar refractivity (Wildman–Crippen MR) is 89.5 cm³/mol. The molecule has 8 nitrogen and oxygen atoms in total. The van der Waals surface area contributed by atoms with Crippen LogP contribution in [0.1, 0.15) is 24.9 Å². The SMILES string of the molecule is C[C@@H](NC(=O)NCCCOCc1ccco1)C(=O)NCc1ccco1. The number of amides is 3. The molecule has 136 valence electrons. The molecule has 0 saturated heterocycles. The van der Waals surface area contributed by atoms with E-state index in [1.807, 2.05) is 6.07 Å².